The van der Waals surface area contributed by atoms with E-state index in [1.807, 2.05) is 31.2 Å². The van der Waals surface area contributed by atoms with Gasteiger partial charge in [0, 0.05) is 0 Å². The molecule has 0 atom stereocenters. The van der Waals surface area contributed by atoms with Gasteiger partial charge in [0.15, 0.2) is 0 Å². The lowest BCUT2D eigenvalue weighted by Crippen LogP contribution is -2.02. The average molecular weight is 247 g/mol. The van der Waals surface area contributed by atoms with E-state index in [1.54, 1.807) is 7.11 Å². The predicted molar refractivity (Wildman–Crippen MR) is 75.2 cm³/mol. The summed E-state index contributed by atoms with van der Waals surface area (Å²) in [4.78, 5) is 4.82. The van der Waals surface area contributed by atoms with E-state index in [0.29, 0.717) is 6.61 Å². The molecule has 0 fully saturated rings. The lowest BCUT2D eigenvalue weighted by Gasteiger charge is -2.08. The number of benzene rings is 1. The van der Waals surface area contributed by atoms with Crippen molar-refractivity contribution in [1.82, 2.24) is 0 Å². The number of ether oxygens (including phenoxy) is 1. The first-order chi connectivity index (χ1) is 8.71. The zero-order valence-corrected chi connectivity index (χ0v) is 11.4. The van der Waals surface area contributed by atoms with Crippen LogP contribution in [-0.2, 0) is 4.84 Å². The quantitative estimate of drug-likeness (QED) is 0.417. The zero-order chi connectivity index (χ0) is 13.4. The van der Waals surface area contributed by atoms with E-state index in [0.717, 1.165) is 35.4 Å². The highest BCUT2D eigenvalue weighted by molar-refractivity contribution is 6.00. The van der Waals surface area contributed by atoms with E-state index < -0.39 is 0 Å². The van der Waals surface area contributed by atoms with Crippen molar-refractivity contribution >= 4 is 5.71 Å². The molecule has 0 amide bonds. The van der Waals surface area contributed by atoms with Gasteiger partial charge in [-0.3, -0.25) is 0 Å². The maximum atomic E-state index is 5.62. The molecule has 98 valence electrons. The monoisotopic (exact) mass is 247 g/mol. The molecule has 0 N–H and O–H groups in total. The van der Waals surface area contributed by atoms with Crippen molar-refractivity contribution in [2.75, 3.05) is 13.7 Å². The van der Waals surface area contributed by atoms with Gasteiger partial charge in [0.25, 0.3) is 0 Å². The third-order valence-electron chi connectivity index (χ3n) is 2.67. The summed E-state index contributed by atoms with van der Waals surface area (Å²) in [5.41, 5.74) is 3.08. The molecule has 0 saturated heterocycles. The maximum Gasteiger partial charge on any atom is 0.119 e. The number of rotatable bonds is 7. The molecule has 0 bridgehead atoms. The fraction of sp³-hybridized carbons (Fsp3) is 0.400. The smallest absolute Gasteiger partial charge is 0.119 e. The van der Waals surface area contributed by atoms with E-state index in [2.05, 4.69) is 18.7 Å². The lowest BCUT2D eigenvalue weighted by atomic mass is 10.1. The highest BCUT2D eigenvalue weighted by Crippen LogP contribution is 2.15. The van der Waals surface area contributed by atoms with Gasteiger partial charge in [0.2, 0.25) is 0 Å². The largest absolute Gasteiger partial charge is 0.489 e. The van der Waals surface area contributed by atoms with Crippen LogP contribution < -0.4 is 4.74 Å². The third kappa shape index (κ3) is 4.24. The summed E-state index contributed by atoms with van der Waals surface area (Å²) in [7, 11) is 1.56. The van der Waals surface area contributed by atoms with Gasteiger partial charge in [0.05, 0.1) is 5.71 Å². The second-order valence-corrected chi connectivity index (χ2v) is 3.99. The molecule has 1 rings (SSSR count). The first-order valence-corrected chi connectivity index (χ1v) is 6.21. The van der Waals surface area contributed by atoms with E-state index in [1.165, 1.54) is 0 Å². The van der Waals surface area contributed by atoms with Crippen LogP contribution in [0.4, 0.5) is 0 Å². The second kappa shape index (κ2) is 7.54. The molecule has 0 heterocycles. The second-order valence-electron chi connectivity index (χ2n) is 3.99. The summed E-state index contributed by atoms with van der Waals surface area (Å²) in [6.45, 7) is 8.61. The van der Waals surface area contributed by atoms with Gasteiger partial charge in [0.1, 0.15) is 19.5 Å². The Labute approximate surface area is 109 Å². The fourth-order valence-corrected chi connectivity index (χ4v) is 1.46. The van der Waals surface area contributed by atoms with Crippen LogP contribution in [0, 0.1) is 0 Å². The first-order valence-electron chi connectivity index (χ1n) is 6.21. The van der Waals surface area contributed by atoms with Gasteiger partial charge in [-0.2, -0.15) is 0 Å². The molecule has 1 aromatic carbocycles. The van der Waals surface area contributed by atoms with Gasteiger partial charge in [-0.05, 0) is 48.2 Å². The lowest BCUT2D eigenvalue weighted by molar-refractivity contribution is 0.213. The van der Waals surface area contributed by atoms with Crippen LogP contribution in [0.1, 0.15) is 32.3 Å². The molecule has 3 heteroatoms. The van der Waals surface area contributed by atoms with E-state index in [4.69, 9.17) is 9.57 Å². The summed E-state index contributed by atoms with van der Waals surface area (Å²) < 4.78 is 5.62. The van der Waals surface area contributed by atoms with Crippen LogP contribution in [0.3, 0.4) is 0 Å². The van der Waals surface area contributed by atoms with Crippen LogP contribution in [0.15, 0.2) is 41.6 Å². The first kappa shape index (κ1) is 14.3. The highest BCUT2D eigenvalue weighted by atomic mass is 16.6. The third-order valence-corrected chi connectivity index (χ3v) is 2.67. The van der Waals surface area contributed by atoms with Crippen molar-refractivity contribution in [1.29, 1.82) is 0 Å². The molecule has 0 spiro atoms. The Morgan fingerprint density at radius 3 is 2.33 bits per heavy atom. The molecular formula is C15H21NO2. The minimum atomic E-state index is 0.572. The fourth-order valence-electron chi connectivity index (χ4n) is 1.46. The number of nitrogens with zero attached hydrogens (tertiary/aromatic N) is 1. The summed E-state index contributed by atoms with van der Waals surface area (Å²) >= 11 is 0. The van der Waals surface area contributed by atoms with E-state index in [-0.39, 0.29) is 0 Å². The van der Waals surface area contributed by atoms with Crippen molar-refractivity contribution in [3.63, 3.8) is 0 Å². The Balaban J connectivity index is 2.67. The van der Waals surface area contributed by atoms with Crippen molar-refractivity contribution in [2.45, 2.75) is 26.7 Å². The molecule has 0 saturated carbocycles. The predicted octanol–water partition coefficient (Wildman–Crippen LogP) is 3.79. The van der Waals surface area contributed by atoms with Gasteiger partial charge >= 0.3 is 0 Å². The Morgan fingerprint density at radius 2 is 1.83 bits per heavy atom. The van der Waals surface area contributed by atoms with Crippen molar-refractivity contribution in [3.05, 3.63) is 42.0 Å². The van der Waals surface area contributed by atoms with Crippen molar-refractivity contribution < 1.29 is 9.57 Å². The minimum Gasteiger partial charge on any atom is -0.489 e. The Hall–Kier alpha value is -1.77. The van der Waals surface area contributed by atoms with Crippen LogP contribution in [-0.4, -0.2) is 19.4 Å². The van der Waals surface area contributed by atoms with Crippen LogP contribution in [0.5, 0.6) is 5.75 Å². The van der Waals surface area contributed by atoms with Crippen LogP contribution in [0.2, 0.25) is 0 Å². The molecule has 0 radical (unpaired) electrons. The average Bonchev–Trinajstić information content (AvgIpc) is 2.42. The normalized spacial score (nSPS) is 11.2. The highest BCUT2D eigenvalue weighted by Gasteiger charge is 2.02. The van der Waals surface area contributed by atoms with Gasteiger partial charge < -0.3 is 9.57 Å². The molecule has 0 aliphatic rings. The number of oxime groups is 1. The van der Waals surface area contributed by atoms with Gasteiger partial charge in [-0.15, -0.1) is 0 Å². The molecule has 0 aromatic heterocycles. The summed E-state index contributed by atoms with van der Waals surface area (Å²) in [5.74, 6) is 0.848. The Morgan fingerprint density at radius 1 is 1.17 bits per heavy atom. The molecule has 3 nitrogen and oxygen atoms in total. The Kier molecular flexibility index (Phi) is 5.98. The van der Waals surface area contributed by atoms with Gasteiger partial charge in [-0.1, -0.05) is 25.6 Å². The van der Waals surface area contributed by atoms with Crippen LogP contribution >= 0.6 is 0 Å². The van der Waals surface area contributed by atoms with Gasteiger partial charge in [-0.25, -0.2) is 0 Å². The van der Waals surface area contributed by atoms with Crippen molar-refractivity contribution in [2.24, 2.45) is 5.16 Å². The number of hydrogen-bond acceptors (Lipinski definition) is 3. The van der Waals surface area contributed by atoms with E-state index >= 15 is 0 Å². The maximum absolute atomic E-state index is 5.62. The van der Waals surface area contributed by atoms with Crippen molar-refractivity contribution in [3.8, 4) is 5.75 Å². The summed E-state index contributed by atoms with van der Waals surface area (Å²) in [6.07, 6.45) is 1.78. The molecular weight excluding hydrogens is 226 g/mol. The standard InChI is InChI=1S/C15H21NO2/c1-5-12(3)11-18-14-9-7-13(8-10-14)15(6-2)16-17-4/h7-10H,3,5-6,11H2,1-2,4H3/b16-15+. The summed E-state index contributed by atoms with van der Waals surface area (Å²) in [6, 6.07) is 7.87. The Bertz CT molecular complexity index is 407. The minimum absolute atomic E-state index is 0.572. The molecule has 1 aromatic rings. The molecule has 0 aliphatic heterocycles. The topological polar surface area (TPSA) is 30.8 Å². The summed E-state index contributed by atoms with van der Waals surface area (Å²) in [5, 5.41) is 3.99. The zero-order valence-electron chi connectivity index (χ0n) is 11.4. The molecule has 18 heavy (non-hydrogen) atoms. The van der Waals surface area contributed by atoms with Crippen LogP contribution in [0.25, 0.3) is 0 Å². The number of hydrogen-bond donors (Lipinski definition) is 0. The van der Waals surface area contributed by atoms with E-state index in [9.17, 15) is 0 Å². The SMILES string of the molecule is C=C(CC)COc1ccc(/C(CC)=N/OC)cc1. The molecule has 0 unspecified atom stereocenters. The molecule has 0 aliphatic carbocycles.